The number of hydrogen-bond acceptors (Lipinski definition) is 2. The van der Waals surface area contributed by atoms with Crippen molar-refractivity contribution in [2.75, 3.05) is 0 Å². The third-order valence-electron chi connectivity index (χ3n) is 8.51. The van der Waals surface area contributed by atoms with Crippen LogP contribution in [0.3, 0.4) is 0 Å². The molecule has 188 valence electrons. The van der Waals surface area contributed by atoms with Crippen LogP contribution >= 0.6 is 0 Å². The third-order valence-corrected chi connectivity index (χ3v) is 16.0. The van der Waals surface area contributed by atoms with E-state index in [1.165, 1.54) is 34.0 Å². The predicted octanol–water partition coefficient (Wildman–Crippen LogP) is 8.46. The number of hydrogen-bond donors (Lipinski definition) is 0. The topological polar surface area (TPSA) is 26.0 Å². The van der Waals surface area contributed by atoms with Gasteiger partial charge in [-0.2, -0.15) is 0 Å². The van der Waals surface area contributed by atoms with Gasteiger partial charge in [0.2, 0.25) is 0 Å². The molecule has 0 amide bonds. The minimum atomic E-state index is -1.44. The van der Waals surface area contributed by atoms with Crippen LogP contribution in [-0.2, 0) is 5.41 Å². The maximum absolute atomic E-state index is 6.65. The molecule has 37 heavy (non-hydrogen) atoms. The van der Waals surface area contributed by atoms with Crippen LogP contribution in [0, 0.1) is 0 Å². The second-order valence-electron chi connectivity index (χ2n) is 13.2. The van der Waals surface area contributed by atoms with Crippen molar-refractivity contribution in [2.45, 2.75) is 64.5 Å². The molecular formula is C33H37NOSi2. The Morgan fingerprint density at radius 3 is 2.22 bits per heavy atom. The zero-order valence-corrected chi connectivity index (χ0v) is 25.2. The third kappa shape index (κ3) is 4.11. The summed E-state index contributed by atoms with van der Waals surface area (Å²) >= 11 is 0. The van der Waals surface area contributed by atoms with Crippen LogP contribution in [0.15, 0.2) is 77.3 Å². The largest absolute Gasteiger partial charge is 0.454 e. The Labute approximate surface area is 222 Å². The molecule has 2 aromatic heterocycles. The highest BCUT2D eigenvalue weighted by molar-refractivity contribution is 7.03. The Balaban J connectivity index is 1.52. The Hall–Kier alpha value is -2.96. The second kappa shape index (κ2) is 8.27. The van der Waals surface area contributed by atoms with Crippen molar-refractivity contribution in [2.24, 2.45) is 0 Å². The molecule has 4 heteroatoms. The number of fused-ring (bicyclic) bond motifs is 3. The summed E-state index contributed by atoms with van der Waals surface area (Å²) in [4.78, 5) is 4.85. The first-order valence-electron chi connectivity index (χ1n) is 13.5. The quantitative estimate of drug-likeness (QED) is 0.219. The van der Waals surface area contributed by atoms with Crippen molar-refractivity contribution in [1.82, 2.24) is 4.98 Å². The molecule has 6 rings (SSSR count). The molecule has 0 radical (unpaired) electrons. The van der Waals surface area contributed by atoms with Crippen molar-refractivity contribution < 1.29 is 4.42 Å². The molecule has 0 N–H and O–H groups in total. The summed E-state index contributed by atoms with van der Waals surface area (Å²) in [6.45, 7) is 17.0. The van der Waals surface area contributed by atoms with Crippen LogP contribution in [0.4, 0.5) is 0 Å². The van der Waals surface area contributed by atoms with Crippen LogP contribution in [-0.4, -0.2) is 21.1 Å². The molecule has 0 saturated carbocycles. The monoisotopic (exact) mass is 519 g/mol. The van der Waals surface area contributed by atoms with Gasteiger partial charge in [0.05, 0.1) is 16.1 Å². The lowest BCUT2D eigenvalue weighted by atomic mass is 9.82. The summed E-state index contributed by atoms with van der Waals surface area (Å²) in [5.74, 6) is 0.943. The van der Waals surface area contributed by atoms with Crippen LogP contribution in [0.2, 0.25) is 38.3 Å². The highest BCUT2D eigenvalue weighted by Crippen LogP contribution is 2.38. The summed E-state index contributed by atoms with van der Waals surface area (Å²) in [6.07, 6.45) is 1.92. The van der Waals surface area contributed by atoms with Crippen molar-refractivity contribution in [3.63, 3.8) is 0 Å². The molecule has 3 heterocycles. The molecule has 0 atom stereocenters. The Kier molecular flexibility index (Phi) is 5.45. The van der Waals surface area contributed by atoms with Gasteiger partial charge in [-0.05, 0) is 46.0 Å². The molecule has 0 bridgehead atoms. The summed E-state index contributed by atoms with van der Waals surface area (Å²) in [6, 6.07) is 27.5. The number of furan rings is 1. The lowest BCUT2D eigenvalue weighted by Gasteiger charge is -2.39. The van der Waals surface area contributed by atoms with Gasteiger partial charge < -0.3 is 4.42 Å². The number of nitrogens with zero attached hydrogens (tertiary/aromatic N) is 1. The number of rotatable bonds is 2. The van der Waals surface area contributed by atoms with E-state index < -0.39 is 16.1 Å². The van der Waals surface area contributed by atoms with E-state index in [0.29, 0.717) is 0 Å². The van der Waals surface area contributed by atoms with E-state index in [1.54, 1.807) is 10.4 Å². The number of pyridine rings is 1. The van der Waals surface area contributed by atoms with Gasteiger partial charge in [-0.3, -0.25) is 4.98 Å². The van der Waals surface area contributed by atoms with Gasteiger partial charge in [-0.25, -0.2) is 0 Å². The highest BCUT2D eigenvalue weighted by atomic mass is 28.3. The predicted molar refractivity (Wildman–Crippen MR) is 165 cm³/mol. The van der Waals surface area contributed by atoms with Crippen LogP contribution in [0.1, 0.15) is 26.3 Å². The second-order valence-corrected chi connectivity index (χ2v) is 22.8. The summed E-state index contributed by atoms with van der Waals surface area (Å²) in [7, 11) is -2.79. The average Bonchev–Trinajstić information content (AvgIpc) is 3.30. The molecule has 1 aliphatic rings. The minimum Gasteiger partial charge on any atom is -0.454 e. The average molecular weight is 520 g/mol. The molecule has 1 aliphatic heterocycles. The van der Waals surface area contributed by atoms with Crippen molar-refractivity contribution in [1.29, 1.82) is 0 Å². The Morgan fingerprint density at radius 1 is 0.730 bits per heavy atom. The summed E-state index contributed by atoms with van der Waals surface area (Å²) in [5, 5.41) is 6.97. The van der Waals surface area contributed by atoms with Gasteiger partial charge in [0, 0.05) is 22.7 Å². The smallest absolute Gasteiger partial charge is 0.161 e. The van der Waals surface area contributed by atoms with Gasteiger partial charge in [-0.1, -0.05) is 112 Å². The fourth-order valence-corrected chi connectivity index (χ4v) is 16.4. The molecule has 3 aromatic carbocycles. The molecule has 5 aromatic rings. The standard InChI is InChI=1S/C33H37NOSi2/c1-33(2,3)27-19-25(18-22-10-8-9-11-26(22)27)31-32-24(14-15-34-31)20-28(35-32)23-12-13-29-30(21-23)37(6,7)17-16-36(29,4)5/h8-15,18-21H,16-17H2,1-7H3. The fourth-order valence-electron chi connectivity index (χ4n) is 6.12. The molecule has 0 aliphatic carbocycles. The van der Waals surface area contributed by atoms with Crippen molar-refractivity contribution >= 4 is 48.3 Å². The maximum atomic E-state index is 6.65. The number of aromatic nitrogens is 1. The maximum Gasteiger partial charge on any atom is 0.161 e. The Bertz CT molecular complexity index is 1670. The van der Waals surface area contributed by atoms with Crippen LogP contribution in [0.25, 0.3) is 44.3 Å². The first-order chi connectivity index (χ1) is 17.4. The van der Waals surface area contributed by atoms with Crippen molar-refractivity contribution in [3.05, 3.63) is 78.5 Å². The lowest BCUT2D eigenvalue weighted by Crippen LogP contribution is -2.63. The van der Waals surface area contributed by atoms with E-state index in [4.69, 9.17) is 9.40 Å². The van der Waals surface area contributed by atoms with Gasteiger partial charge >= 0.3 is 0 Å². The molecule has 0 unspecified atom stereocenters. The SMILES string of the molecule is CC(C)(C)c1cc(-c2nccc3cc(-c4ccc5c(c4)[Si](C)(C)CC[Si]5(C)C)oc23)cc2ccccc12. The van der Waals surface area contributed by atoms with E-state index in [-0.39, 0.29) is 5.41 Å². The first kappa shape index (κ1) is 24.4. The zero-order chi connectivity index (χ0) is 26.2. The van der Waals surface area contributed by atoms with Gasteiger partial charge in [0.25, 0.3) is 0 Å². The van der Waals surface area contributed by atoms with E-state index in [9.17, 15) is 0 Å². The van der Waals surface area contributed by atoms with E-state index in [0.717, 1.165) is 28.0 Å². The first-order valence-corrected chi connectivity index (χ1v) is 19.9. The molecular weight excluding hydrogens is 483 g/mol. The summed E-state index contributed by atoms with van der Waals surface area (Å²) in [5.41, 5.74) is 5.45. The normalized spacial score (nSPS) is 16.7. The van der Waals surface area contributed by atoms with E-state index >= 15 is 0 Å². The fraction of sp³-hybridized carbons (Fsp3) is 0.303. The number of benzene rings is 3. The minimum absolute atomic E-state index is 0.0226. The van der Waals surface area contributed by atoms with Crippen LogP contribution < -0.4 is 10.4 Å². The highest BCUT2D eigenvalue weighted by Gasteiger charge is 2.39. The van der Waals surface area contributed by atoms with E-state index in [1.807, 2.05) is 6.20 Å². The molecule has 0 saturated heterocycles. The molecule has 0 spiro atoms. The zero-order valence-electron chi connectivity index (χ0n) is 23.2. The Morgan fingerprint density at radius 2 is 1.46 bits per heavy atom. The summed E-state index contributed by atoms with van der Waals surface area (Å²) < 4.78 is 6.65. The molecule has 0 fully saturated rings. The van der Waals surface area contributed by atoms with Gasteiger partial charge in [-0.15, -0.1) is 0 Å². The van der Waals surface area contributed by atoms with Gasteiger partial charge in [0.15, 0.2) is 5.58 Å². The lowest BCUT2D eigenvalue weighted by molar-refractivity contribution is 0.596. The molecule has 2 nitrogen and oxygen atoms in total. The van der Waals surface area contributed by atoms with Crippen LogP contribution in [0.5, 0.6) is 0 Å². The van der Waals surface area contributed by atoms with E-state index in [2.05, 4.69) is 114 Å². The van der Waals surface area contributed by atoms with Gasteiger partial charge in [0.1, 0.15) is 11.5 Å². The van der Waals surface area contributed by atoms with Crippen molar-refractivity contribution in [3.8, 4) is 22.6 Å².